The third kappa shape index (κ3) is 2.70. The molecule has 15 heavy (non-hydrogen) atoms. The van der Waals surface area contributed by atoms with Gasteiger partial charge in [-0.15, -0.1) is 11.3 Å². The Kier molecular flexibility index (Phi) is 3.23. The first-order chi connectivity index (χ1) is 7.25. The van der Waals surface area contributed by atoms with Crippen LogP contribution in [0.1, 0.15) is 11.3 Å². The van der Waals surface area contributed by atoms with Gasteiger partial charge >= 0.3 is 6.09 Å². The monoisotopic (exact) mass is 226 g/mol. The van der Waals surface area contributed by atoms with Gasteiger partial charge in [0.25, 0.3) is 0 Å². The van der Waals surface area contributed by atoms with E-state index in [1.165, 1.54) is 0 Å². The molecule has 0 radical (unpaired) electrons. The molecule has 0 bridgehead atoms. The predicted molar refractivity (Wildman–Crippen MR) is 58.7 cm³/mol. The van der Waals surface area contributed by atoms with Crippen LogP contribution in [0.5, 0.6) is 0 Å². The van der Waals surface area contributed by atoms with Crippen molar-refractivity contribution in [3.05, 3.63) is 22.4 Å². The normalized spacial score (nSPS) is 20.6. The molecule has 0 spiro atoms. The molecule has 1 aliphatic heterocycles. The summed E-state index contributed by atoms with van der Waals surface area (Å²) in [5.74, 6) is 0. The number of amides is 1. The molecule has 2 heterocycles. The smallest absolute Gasteiger partial charge is 0.410 e. The molecule has 1 aromatic rings. The van der Waals surface area contributed by atoms with Crippen molar-refractivity contribution in [3.8, 4) is 0 Å². The molecule has 4 nitrogen and oxygen atoms in total. The molecule has 1 unspecified atom stereocenters. The quantitative estimate of drug-likeness (QED) is 0.829. The van der Waals surface area contributed by atoms with Crippen molar-refractivity contribution >= 4 is 17.4 Å². The molecule has 1 fully saturated rings. The van der Waals surface area contributed by atoms with Crippen molar-refractivity contribution in [3.63, 3.8) is 0 Å². The summed E-state index contributed by atoms with van der Waals surface area (Å²) < 4.78 is 5.16. The van der Waals surface area contributed by atoms with Crippen molar-refractivity contribution in [1.82, 2.24) is 4.90 Å². The van der Waals surface area contributed by atoms with E-state index in [1.54, 1.807) is 16.2 Å². The lowest BCUT2D eigenvalue weighted by molar-refractivity contribution is 0.105. The van der Waals surface area contributed by atoms with Crippen LogP contribution in [-0.2, 0) is 11.3 Å². The average molecular weight is 226 g/mol. The van der Waals surface area contributed by atoms with Crippen molar-refractivity contribution in [2.75, 3.05) is 13.1 Å². The Labute approximate surface area is 92.6 Å². The van der Waals surface area contributed by atoms with Gasteiger partial charge in [-0.3, -0.25) is 0 Å². The van der Waals surface area contributed by atoms with Crippen LogP contribution in [0.3, 0.4) is 0 Å². The zero-order chi connectivity index (χ0) is 10.7. The van der Waals surface area contributed by atoms with E-state index >= 15 is 0 Å². The molecule has 2 rings (SSSR count). The number of likely N-dealkylation sites (tertiary alicyclic amines) is 1. The molecule has 0 aromatic carbocycles. The summed E-state index contributed by atoms with van der Waals surface area (Å²) in [6.45, 7) is 1.69. The molecule has 1 saturated heterocycles. The van der Waals surface area contributed by atoms with E-state index in [1.807, 2.05) is 17.5 Å². The van der Waals surface area contributed by atoms with E-state index in [0.717, 1.165) is 11.3 Å². The molecule has 1 amide bonds. The summed E-state index contributed by atoms with van der Waals surface area (Å²) in [7, 11) is 0. The van der Waals surface area contributed by atoms with Gasteiger partial charge in [-0.25, -0.2) is 4.79 Å². The second-order valence-corrected chi connectivity index (χ2v) is 4.66. The Morgan fingerprint density at radius 3 is 3.20 bits per heavy atom. The summed E-state index contributed by atoms with van der Waals surface area (Å²) >= 11 is 1.59. The largest absolute Gasteiger partial charge is 0.444 e. The molecular formula is C10H14N2O2S. The summed E-state index contributed by atoms with van der Waals surface area (Å²) in [5, 5.41) is 1.97. The van der Waals surface area contributed by atoms with E-state index in [2.05, 4.69) is 0 Å². The van der Waals surface area contributed by atoms with Crippen LogP contribution in [0.4, 0.5) is 4.79 Å². The van der Waals surface area contributed by atoms with Crippen LogP contribution >= 0.6 is 11.3 Å². The fraction of sp³-hybridized carbons (Fsp3) is 0.500. The van der Waals surface area contributed by atoms with Gasteiger partial charge in [0, 0.05) is 24.0 Å². The minimum atomic E-state index is -0.253. The van der Waals surface area contributed by atoms with E-state index in [4.69, 9.17) is 10.5 Å². The number of hydrogen-bond acceptors (Lipinski definition) is 4. The summed E-state index contributed by atoms with van der Waals surface area (Å²) in [6, 6.07) is 4.01. The number of hydrogen-bond donors (Lipinski definition) is 1. The number of nitrogens with zero attached hydrogens (tertiary/aromatic N) is 1. The highest BCUT2D eigenvalue weighted by atomic mass is 32.1. The third-order valence-corrected chi connectivity index (χ3v) is 3.25. The number of carbonyl (C=O) groups excluding carboxylic acids is 1. The number of carbonyl (C=O) groups is 1. The maximum absolute atomic E-state index is 11.5. The van der Waals surface area contributed by atoms with Gasteiger partial charge in [-0.1, -0.05) is 6.07 Å². The first-order valence-corrected chi connectivity index (χ1v) is 5.83. The van der Waals surface area contributed by atoms with Gasteiger partial charge in [-0.2, -0.15) is 0 Å². The molecule has 1 aliphatic rings. The maximum Gasteiger partial charge on any atom is 0.410 e. The first kappa shape index (κ1) is 10.4. The van der Waals surface area contributed by atoms with E-state index < -0.39 is 0 Å². The molecule has 0 saturated carbocycles. The zero-order valence-corrected chi connectivity index (χ0v) is 9.20. The highest BCUT2D eigenvalue weighted by Crippen LogP contribution is 2.12. The SMILES string of the molecule is NC1CCN(C(=O)OCc2cccs2)C1. The van der Waals surface area contributed by atoms with Gasteiger partial charge < -0.3 is 15.4 Å². The molecule has 1 aromatic heterocycles. The number of nitrogens with two attached hydrogens (primary N) is 1. The van der Waals surface area contributed by atoms with E-state index in [0.29, 0.717) is 19.7 Å². The Balaban J connectivity index is 1.78. The van der Waals surface area contributed by atoms with Gasteiger partial charge in [-0.05, 0) is 17.9 Å². The highest BCUT2D eigenvalue weighted by molar-refractivity contribution is 7.09. The molecule has 0 aliphatic carbocycles. The molecular weight excluding hydrogens is 212 g/mol. The van der Waals surface area contributed by atoms with Crippen LogP contribution in [0.25, 0.3) is 0 Å². The Morgan fingerprint density at radius 1 is 1.73 bits per heavy atom. The molecule has 2 N–H and O–H groups in total. The van der Waals surface area contributed by atoms with Crippen molar-refractivity contribution in [2.45, 2.75) is 19.1 Å². The van der Waals surface area contributed by atoms with Crippen LogP contribution in [0, 0.1) is 0 Å². The predicted octanol–water partition coefficient (Wildman–Crippen LogP) is 1.42. The van der Waals surface area contributed by atoms with Crippen LogP contribution in [0.15, 0.2) is 17.5 Å². The van der Waals surface area contributed by atoms with E-state index in [9.17, 15) is 4.79 Å². The van der Waals surface area contributed by atoms with Crippen LogP contribution in [0.2, 0.25) is 0 Å². The lowest BCUT2D eigenvalue weighted by Crippen LogP contribution is -2.32. The standard InChI is InChI=1S/C10H14N2O2S/c11-8-3-4-12(6-8)10(13)14-7-9-2-1-5-15-9/h1-2,5,8H,3-4,6-7,11H2. The zero-order valence-electron chi connectivity index (χ0n) is 8.39. The lowest BCUT2D eigenvalue weighted by atomic mass is 10.3. The summed E-state index contributed by atoms with van der Waals surface area (Å²) in [6.07, 6.45) is 0.616. The van der Waals surface area contributed by atoms with Crippen molar-refractivity contribution < 1.29 is 9.53 Å². The van der Waals surface area contributed by atoms with Crippen LogP contribution in [-0.4, -0.2) is 30.1 Å². The average Bonchev–Trinajstić information content (AvgIpc) is 2.84. The topological polar surface area (TPSA) is 55.6 Å². The fourth-order valence-electron chi connectivity index (χ4n) is 1.57. The summed E-state index contributed by atoms with van der Waals surface area (Å²) in [5.41, 5.74) is 5.71. The van der Waals surface area contributed by atoms with Gasteiger partial charge in [0.15, 0.2) is 0 Å². The maximum atomic E-state index is 11.5. The minimum absolute atomic E-state index is 0.110. The number of thiophene rings is 1. The highest BCUT2D eigenvalue weighted by Gasteiger charge is 2.24. The number of ether oxygens (including phenoxy) is 1. The van der Waals surface area contributed by atoms with Gasteiger partial charge in [0.2, 0.25) is 0 Å². The van der Waals surface area contributed by atoms with Crippen LogP contribution < -0.4 is 5.73 Å². The van der Waals surface area contributed by atoms with Crippen molar-refractivity contribution in [1.29, 1.82) is 0 Å². The molecule has 82 valence electrons. The lowest BCUT2D eigenvalue weighted by Gasteiger charge is -2.14. The number of rotatable bonds is 2. The second-order valence-electron chi connectivity index (χ2n) is 3.63. The Hall–Kier alpha value is -1.07. The summed E-state index contributed by atoms with van der Waals surface area (Å²) in [4.78, 5) is 14.3. The molecule has 5 heteroatoms. The van der Waals surface area contributed by atoms with Crippen molar-refractivity contribution in [2.24, 2.45) is 5.73 Å². The second kappa shape index (κ2) is 4.63. The minimum Gasteiger partial charge on any atom is -0.444 e. The van der Waals surface area contributed by atoms with E-state index in [-0.39, 0.29) is 12.1 Å². The third-order valence-electron chi connectivity index (χ3n) is 2.40. The fourth-order valence-corrected chi connectivity index (χ4v) is 2.19. The first-order valence-electron chi connectivity index (χ1n) is 4.95. The van der Waals surface area contributed by atoms with Gasteiger partial charge in [0.05, 0.1) is 0 Å². The Bertz CT molecular complexity index is 326. The molecule has 1 atom stereocenters. The Morgan fingerprint density at radius 2 is 2.60 bits per heavy atom. The van der Waals surface area contributed by atoms with Gasteiger partial charge in [0.1, 0.15) is 6.61 Å².